The van der Waals surface area contributed by atoms with Crippen LogP contribution in [0.1, 0.15) is 56.9 Å². The molecule has 1 aromatic heterocycles. The predicted molar refractivity (Wildman–Crippen MR) is 258 cm³/mol. The number of rotatable bonds is 18. The van der Waals surface area contributed by atoms with Crippen molar-refractivity contribution in [1.29, 1.82) is 0 Å². The maximum absolute atomic E-state index is 13.4. The minimum Gasteiger partial charge on any atom is -0.505 e. The number of carbonyl (C=O) groups excluding carboxylic acids is 2. The van der Waals surface area contributed by atoms with Gasteiger partial charge in [-0.25, -0.2) is 0 Å². The number of carboxylic acids is 4. The molecule has 0 saturated heterocycles. The molecule has 28 heteroatoms. The van der Waals surface area contributed by atoms with Gasteiger partial charge in [-0.05, 0) is 94.7 Å². The van der Waals surface area contributed by atoms with Gasteiger partial charge in [-0.3, -0.25) is 42.7 Å². The molecule has 6 aromatic carbocycles. The van der Waals surface area contributed by atoms with Gasteiger partial charge in [-0.2, -0.15) is 27.1 Å². The summed E-state index contributed by atoms with van der Waals surface area (Å²) >= 11 is 0. The second kappa shape index (κ2) is 21.1. The first kappa shape index (κ1) is 53.0. The number of hydrogen-bond acceptors (Lipinski definition) is 18. The lowest BCUT2D eigenvalue weighted by atomic mass is 9.96. The highest BCUT2D eigenvalue weighted by Crippen LogP contribution is 2.44. The van der Waals surface area contributed by atoms with E-state index >= 15 is 0 Å². The highest BCUT2D eigenvalue weighted by Gasteiger charge is 2.27. The number of aromatic hydroxyl groups is 2. The van der Waals surface area contributed by atoms with Crippen molar-refractivity contribution in [2.24, 2.45) is 20.5 Å². The molecule has 2 unspecified atom stereocenters. The number of hydrogen-bond donors (Lipinski definition) is 10. The monoisotopic (exact) mass is 1070 g/mol. The molecule has 0 aliphatic rings. The van der Waals surface area contributed by atoms with E-state index in [2.05, 4.69) is 31.1 Å². The Kier molecular flexibility index (Phi) is 14.9. The van der Waals surface area contributed by atoms with Gasteiger partial charge in [-0.15, -0.1) is 10.2 Å². The molecule has 0 radical (unpaired) electrons. The molecule has 0 aliphatic carbocycles. The number of amides is 2. The Bertz CT molecular complexity index is 3650. The third kappa shape index (κ3) is 12.3. The molecule has 0 spiro atoms. The number of azo groups is 2. The van der Waals surface area contributed by atoms with Crippen LogP contribution in [-0.4, -0.2) is 92.3 Å². The molecular weight excluding hydrogens is 1030 g/mol. The van der Waals surface area contributed by atoms with Gasteiger partial charge in [0.1, 0.15) is 21.2 Å². The van der Waals surface area contributed by atoms with E-state index in [4.69, 9.17) is 14.6 Å². The summed E-state index contributed by atoms with van der Waals surface area (Å²) in [5.74, 6) is -13.5. The summed E-state index contributed by atoms with van der Waals surface area (Å²) in [4.78, 5) is 83.0. The van der Waals surface area contributed by atoms with Crippen molar-refractivity contribution in [1.82, 2.24) is 0 Å². The van der Waals surface area contributed by atoms with Crippen LogP contribution in [0.2, 0.25) is 0 Å². The Morgan fingerprint density at radius 1 is 0.507 bits per heavy atom. The summed E-state index contributed by atoms with van der Waals surface area (Å²) in [6.07, 6.45) is -1.42. The van der Waals surface area contributed by atoms with E-state index in [0.29, 0.717) is 0 Å². The van der Waals surface area contributed by atoms with Crippen LogP contribution in [0, 0.1) is 0 Å². The SMILES string of the molecule is O=C(O)CC(C(=O)O)c1ccc(N=Nc2c(S(=O)(=O)O)cc3cc(NC(=O)c4cc(=O)cc(C(=O)Nc5ccc6c(O)c(N=Nc7ccc(C(CC(=O)O)C(=O)O)cc7)c(S(=O)(=O)O)cc6c5)o4)ccc3c2O)cc1. The molecule has 26 nitrogen and oxygen atoms in total. The zero-order chi connectivity index (χ0) is 54.7. The van der Waals surface area contributed by atoms with Gasteiger partial charge >= 0.3 is 23.9 Å². The average Bonchev–Trinajstić information content (AvgIpc) is 3.33. The fourth-order valence-electron chi connectivity index (χ4n) is 7.34. The van der Waals surface area contributed by atoms with Crippen LogP contribution in [0.15, 0.2) is 149 Å². The van der Waals surface area contributed by atoms with Crippen molar-refractivity contribution in [3.8, 4) is 11.5 Å². The van der Waals surface area contributed by atoms with E-state index in [-0.39, 0.29) is 55.4 Å². The molecule has 0 bridgehead atoms. The van der Waals surface area contributed by atoms with Crippen molar-refractivity contribution in [2.45, 2.75) is 34.5 Å². The van der Waals surface area contributed by atoms with E-state index in [0.717, 1.165) is 36.4 Å². The third-order valence-electron chi connectivity index (χ3n) is 10.9. The number of nitrogens with one attached hydrogen (secondary N) is 2. The molecule has 0 aliphatic heterocycles. The average molecular weight is 1070 g/mol. The summed E-state index contributed by atoms with van der Waals surface area (Å²) in [6, 6.07) is 20.5. The van der Waals surface area contributed by atoms with Crippen molar-refractivity contribution < 1.29 is 89.8 Å². The van der Waals surface area contributed by atoms with E-state index in [1.54, 1.807) is 0 Å². The largest absolute Gasteiger partial charge is 0.505 e. The number of carboxylic acid groups (broad SMARTS) is 4. The maximum atomic E-state index is 13.4. The van der Waals surface area contributed by atoms with Gasteiger partial charge < -0.3 is 45.7 Å². The third-order valence-corrected chi connectivity index (χ3v) is 12.6. The number of aliphatic carboxylic acids is 4. The molecule has 2 atom stereocenters. The maximum Gasteiger partial charge on any atom is 0.311 e. The van der Waals surface area contributed by atoms with Crippen molar-refractivity contribution in [2.75, 3.05) is 10.6 Å². The lowest BCUT2D eigenvalue weighted by Gasteiger charge is -2.12. The van der Waals surface area contributed by atoms with E-state index in [1.165, 1.54) is 72.8 Å². The van der Waals surface area contributed by atoms with Crippen LogP contribution in [0.4, 0.5) is 34.1 Å². The second-order valence-corrected chi connectivity index (χ2v) is 18.7. The number of phenols is 2. The van der Waals surface area contributed by atoms with Gasteiger partial charge in [0.25, 0.3) is 32.1 Å². The fraction of sp³-hybridized carbons (Fsp3) is 0.0851. The Hall–Kier alpha value is -9.77. The fourth-order valence-corrected chi connectivity index (χ4v) is 8.65. The van der Waals surface area contributed by atoms with Crippen LogP contribution < -0.4 is 16.1 Å². The Balaban J connectivity index is 1.09. The minimum absolute atomic E-state index is 0.00926. The highest BCUT2D eigenvalue weighted by atomic mass is 32.2. The molecule has 1 heterocycles. The van der Waals surface area contributed by atoms with E-state index < -0.39 is 130 Å². The van der Waals surface area contributed by atoms with Crippen molar-refractivity contribution >= 4 is 112 Å². The van der Waals surface area contributed by atoms with Crippen LogP contribution >= 0.6 is 0 Å². The summed E-state index contributed by atoms with van der Waals surface area (Å²) < 4.78 is 75.5. The van der Waals surface area contributed by atoms with E-state index in [1.807, 2.05) is 0 Å². The standard InChI is InChI=1S/C47H34N6O20S2/c54-29-17-34(44(61)48-27-9-11-30-23(13-27)15-36(74(67,68)69)40(42(30)59)52-50-25-5-1-21(2-6-25)32(46(63)64)19-38(55)56)73-35(18-29)45(62)49-28-10-12-31-24(14-28)16-37(75(70,71)72)41(43(31)60)53-51-26-7-3-22(4-8-26)33(47(65)66)20-39(57)58/h1-18,32-33,59-60H,19-20H2,(H,48,61)(H,49,62)(H,55,56)(H,57,58)(H,63,64)(H,65,66)(H,67,68,69)(H,70,71,72). The number of fused-ring (bicyclic) bond motifs is 2. The number of phenolic OH excluding ortho intramolecular Hbond substituents is 2. The lowest BCUT2D eigenvalue weighted by Crippen LogP contribution is -2.19. The zero-order valence-electron chi connectivity index (χ0n) is 37.5. The predicted octanol–water partition coefficient (Wildman–Crippen LogP) is 7.47. The van der Waals surface area contributed by atoms with Crippen LogP contribution in [0.25, 0.3) is 21.5 Å². The molecule has 7 rings (SSSR count). The van der Waals surface area contributed by atoms with Gasteiger partial charge in [0.05, 0.1) is 36.1 Å². The normalized spacial score (nSPS) is 12.7. The first-order valence-electron chi connectivity index (χ1n) is 21.0. The number of carbonyl (C=O) groups is 6. The molecule has 10 N–H and O–H groups in total. The molecule has 2 amide bonds. The van der Waals surface area contributed by atoms with Crippen molar-refractivity contribution in [3.05, 3.63) is 142 Å². The summed E-state index contributed by atoms with van der Waals surface area (Å²) in [7, 11) is -10.3. The zero-order valence-corrected chi connectivity index (χ0v) is 39.2. The minimum atomic E-state index is -5.14. The Morgan fingerprint density at radius 3 is 1.19 bits per heavy atom. The number of nitrogens with zero attached hydrogens (tertiary/aromatic N) is 4. The molecule has 75 heavy (non-hydrogen) atoms. The summed E-state index contributed by atoms with van der Waals surface area (Å²) in [5, 5.41) is 79.0. The molecule has 7 aromatic rings. The van der Waals surface area contributed by atoms with Gasteiger partial charge in [0, 0.05) is 34.3 Å². The molecule has 0 saturated carbocycles. The lowest BCUT2D eigenvalue weighted by molar-refractivity contribution is -0.145. The number of anilines is 2. The summed E-state index contributed by atoms with van der Waals surface area (Å²) in [6.45, 7) is 0. The second-order valence-electron chi connectivity index (χ2n) is 16.0. The molecule has 384 valence electrons. The number of benzene rings is 6. The van der Waals surface area contributed by atoms with Crippen molar-refractivity contribution in [3.63, 3.8) is 0 Å². The quantitative estimate of drug-likeness (QED) is 0.0294. The highest BCUT2D eigenvalue weighted by molar-refractivity contribution is 7.86. The van der Waals surface area contributed by atoms with Crippen LogP contribution in [0.3, 0.4) is 0 Å². The molecule has 0 fully saturated rings. The van der Waals surface area contributed by atoms with Crippen LogP contribution in [0.5, 0.6) is 11.5 Å². The Morgan fingerprint density at radius 2 is 0.867 bits per heavy atom. The van der Waals surface area contributed by atoms with Gasteiger partial charge in [0.15, 0.2) is 28.4 Å². The Labute approximate surface area is 419 Å². The summed E-state index contributed by atoms with van der Waals surface area (Å²) in [5.41, 5.74) is -2.24. The van der Waals surface area contributed by atoms with Gasteiger partial charge in [0.2, 0.25) is 0 Å². The topological polar surface area (TPSA) is 436 Å². The first-order valence-corrected chi connectivity index (χ1v) is 23.9. The smallest absolute Gasteiger partial charge is 0.311 e. The van der Waals surface area contributed by atoms with Gasteiger partial charge in [-0.1, -0.05) is 24.3 Å². The first-order chi connectivity index (χ1) is 35.3. The molecular formula is C47H34N6O20S2. The van der Waals surface area contributed by atoms with E-state index in [9.17, 15) is 79.9 Å². The van der Waals surface area contributed by atoms with Crippen LogP contribution in [-0.2, 0) is 39.4 Å².